The molecule has 1 amide bonds. The maximum Gasteiger partial charge on any atom is 0.328 e. The van der Waals surface area contributed by atoms with Gasteiger partial charge in [-0.15, -0.1) is 11.3 Å². The van der Waals surface area contributed by atoms with Gasteiger partial charge in [0, 0.05) is 23.5 Å². The molecule has 20 heavy (non-hydrogen) atoms. The summed E-state index contributed by atoms with van der Waals surface area (Å²) in [7, 11) is 2.07. The number of hydrogen-bond acceptors (Lipinski definition) is 4. The maximum atomic E-state index is 12.0. The topological polar surface area (TPSA) is 69.6 Å². The normalized spacial score (nSPS) is 19.6. The van der Waals surface area contributed by atoms with Gasteiger partial charge in [-0.05, 0) is 44.6 Å². The molecule has 5 nitrogen and oxygen atoms in total. The molecule has 0 aliphatic carbocycles. The van der Waals surface area contributed by atoms with Crippen molar-refractivity contribution in [2.75, 3.05) is 20.1 Å². The first-order valence-corrected chi connectivity index (χ1v) is 7.37. The van der Waals surface area contributed by atoms with Crippen LogP contribution < -0.4 is 5.32 Å². The van der Waals surface area contributed by atoms with Crippen molar-refractivity contribution in [1.82, 2.24) is 10.2 Å². The lowest BCUT2D eigenvalue weighted by molar-refractivity contribution is -0.131. The minimum Gasteiger partial charge on any atom is -0.478 e. The Morgan fingerprint density at radius 3 is 3.00 bits per heavy atom. The number of nitrogens with zero attached hydrogens (tertiary/aromatic N) is 1. The first-order valence-electron chi connectivity index (χ1n) is 6.55. The van der Waals surface area contributed by atoms with E-state index < -0.39 is 5.97 Å². The summed E-state index contributed by atoms with van der Waals surface area (Å²) in [6.07, 6.45) is 4.86. The predicted molar refractivity (Wildman–Crippen MR) is 79.0 cm³/mol. The number of likely N-dealkylation sites (N-methyl/N-ethyl adjacent to an activating group) is 1. The number of thiophene rings is 1. The molecule has 1 aromatic heterocycles. The van der Waals surface area contributed by atoms with Crippen LogP contribution in [0.1, 0.15) is 27.4 Å². The average molecular weight is 294 g/mol. The van der Waals surface area contributed by atoms with Crippen molar-refractivity contribution in [2.45, 2.75) is 18.9 Å². The summed E-state index contributed by atoms with van der Waals surface area (Å²) in [5, 5.41) is 11.5. The predicted octanol–water partition coefficient (Wildman–Crippen LogP) is 1.67. The van der Waals surface area contributed by atoms with E-state index in [4.69, 9.17) is 5.11 Å². The molecule has 1 unspecified atom stereocenters. The van der Waals surface area contributed by atoms with E-state index in [9.17, 15) is 9.59 Å². The number of aliphatic carboxylic acids is 1. The van der Waals surface area contributed by atoms with Crippen LogP contribution in [0.25, 0.3) is 6.08 Å². The fourth-order valence-corrected chi connectivity index (χ4v) is 3.08. The van der Waals surface area contributed by atoms with E-state index in [-0.39, 0.29) is 5.91 Å². The molecular formula is C14H18N2O3S. The molecule has 0 radical (unpaired) electrons. The van der Waals surface area contributed by atoms with Gasteiger partial charge in [-0.3, -0.25) is 4.79 Å². The van der Waals surface area contributed by atoms with E-state index in [1.807, 2.05) is 0 Å². The minimum atomic E-state index is -0.992. The van der Waals surface area contributed by atoms with Crippen molar-refractivity contribution < 1.29 is 14.7 Å². The molecule has 6 heteroatoms. The highest BCUT2D eigenvalue weighted by Crippen LogP contribution is 2.18. The van der Waals surface area contributed by atoms with E-state index in [1.54, 1.807) is 12.1 Å². The van der Waals surface area contributed by atoms with E-state index >= 15 is 0 Å². The van der Waals surface area contributed by atoms with Crippen LogP contribution in [0, 0.1) is 0 Å². The van der Waals surface area contributed by atoms with Crippen molar-refractivity contribution >= 4 is 29.3 Å². The zero-order valence-corrected chi connectivity index (χ0v) is 12.2. The lowest BCUT2D eigenvalue weighted by Crippen LogP contribution is -2.37. The number of amides is 1. The van der Waals surface area contributed by atoms with E-state index in [0.29, 0.717) is 17.5 Å². The molecule has 1 aliphatic heterocycles. The minimum absolute atomic E-state index is 0.0923. The molecule has 2 N–H and O–H groups in total. The van der Waals surface area contributed by atoms with Crippen molar-refractivity contribution in [1.29, 1.82) is 0 Å². The smallest absolute Gasteiger partial charge is 0.328 e. The molecule has 0 spiro atoms. The highest BCUT2D eigenvalue weighted by Gasteiger charge is 2.21. The number of rotatable bonds is 5. The molecule has 1 saturated heterocycles. The van der Waals surface area contributed by atoms with Gasteiger partial charge in [0.2, 0.25) is 0 Å². The molecule has 1 aromatic rings. The van der Waals surface area contributed by atoms with Gasteiger partial charge in [0.05, 0.1) is 4.88 Å². The van der Waals surface area contributed by atoms with Gasteiger partial charge >= 0.3 is 5.97 Å². The second-order valence-electron chi connectivity index (χ2n) is 4.86. The summed E-state index contributed by atoms with van der Waals surface area (Å²) in [5.41, 5.74) is 0. The van der Waals surface area contributed by atoms with Crippen LogP contribution in [0.15, 0.2) is 18.2 Å². The van der Waals surface area contributed by atoms with Gasteiger partial charge in [-0.25, -0.2) is 4.79 Å². The first-order chi connectivity index (χ1) is 9.56. The fraction of sp³-hybridized carbons (Fsp3) is 0.429. The highest BCUT2D eigenvalue weighted by molar-refractivity contribution is 7.14. The Kier molecular flexibility index (Phi) is 4.92. The lowest BCUT2D eigenvalue weighted by Gasteiger charge is -2.19. The quantitative estimate of drug-likeness (QED) is 0.811. The summed E-state index contributed by atoms with van der Waals surface area (Å²) in [6, 6.07) is 3.89. The summed E-state index contributed by atoms with van der Waals surface area (Å²) in [5.74, 6) is -1.08. The molecule has 0 aromatic carbocycles. The van der Waals surface area contributed by atoms with E-state index in [1.165, 1.54) is 23.8 Å². The molecule has 2 rings (SSSR count). The van der Waals surface area contributed by atoms with Crippen LogP contribution in [-0.2, 0) is 4.79 Å². The van der Waals surface area contributed by atoms with Crippen molar-refractivity contribution in [2.24, 2.45) is 0 Å². The number of nitrogens with one attached hydrogen (secondary N) is 1. The van der Waals surface area contributed by atoms with Crippen LogP contribution in [0.5, 0.6) is 0 Å². The second-order valence-corrected chi connectivity index (χ2v) is 5.98. The van der Waals surface area contributed by atoms with Gasteiger partial charge in [-0.2, -0.15) is 0 Å². The number of likely N-dealkylation sites (tertiary alicyclic amines) is 1. The number of carbonyl (C=O) groups excluding carboxylic acids is 1. The summed E-state index contributed by atoms with van der Waals surface area (Å²) >= 11 is 1.29. The number of hydrogen-bond donors (Lipinski definition) is 2. The van der Waals surface area contributed by atoms with Crippen molar-refractivity contribution in [3.63, 3.8) is 0 Å². The summed E-state index contributed by atoms with van der Waals surface area (Å²) in [4.78, 5) is 26.1. The molecule has 108 valence electrons. The summed E-state index contributed by atoms with van der Waals surface area (Å²) < 4.78 is 0. The summed E-state index contributed by atoms with van der Waals surface area (Å²) in [6.45, 7) is 1.75. The monoisotopic (exact) mass is 294 g/mol. The van der Waals surface area contributed by atoms with Crippen LogP contribution in [0.4, 0.5) is 0 Å². The van der Waals surface area contributed by atoms with Gasteiger partial charge < -0.3 is 15.3 Å². The van der Waals surface area contributed by atoms with Gasteiger partial charge in [0.1, 0.15) is 0 Å². The maximum absolute atomic E-state index is 12.0. The van der Waals surface area contributed by atoms with Crippen LogP contribution in [-0.4, -0.2) is 48.1 Å². The molecule has 1 aliphatic rings. The Bertz CT molecular complexity index is 524. The Labute approximate surface area is 121 Å². The zero-order chi connectivity index (χ0) is 14.5. The van der Waals surface area contributed by atoms with Gasteiger partial charge in [0.15, 0.2) is 0 Å². The molecular weight excluding hydrogens is 276 g/mol. The fourth-order valence-electron chi connectivity index (χ4n) is 2.25. The van der Waals surface area contributed by atoms with Gasteiger partial charge in [-0.1, -0.05) is 0 Å². The third kappa shape index (κ3) is 3.91. The second kappa shape index (κ2) is 6.67. The standard InChI is InChI=1S/C14H18N2O3S/c1-16-8-2-3-10(16)9-15-14(19)12-6-4-11(20-12)5-7-13(17)18/h4-7,10H,2-3,8-9H2,1H3,(H,15,19)(H,17,18)/b7-5+. The molecule has 1 fully saturated rings. The van der Waals surface area contributed by atoms with E-state index in [0.717, 1.165) is 23.9 Å². The number of carboxylic acid groups (broad SMARTS) is 1. The largest absolute Gasteiger partial charge is 0.478 e. The third-order valence-corrected chi connectivity index (χ3v) is 4.46. The molecule has 0 bridgehead atoms. The zero-order valence-electron chi connectivity index (χ0n) is 11.3. The number of carbonyl (C=O) groups is 2. The molecule has 2 heterocycles. The van der Waals surface area contributed by atoms with Crippen LogP contribution >= 0.6 is 11.3 Å². The average Bonchev–Trinajstić information content (AvgIpc) is 3.02. The van der Waals surface area contributed by atoms with Gasteiger partial charge in [0.25, 0.3) is 5.91 Å². The lowest BCUT2D eigenvalue weighted by atomic mass is 10.2. The van der Waals surface area contributed by atoms with E-state index in [2.05, 4.69) is 17.3 Å². The van der Waals surface area contributed by atoms with Crippen molar-refractivity contribution in [3.8, 4) is 0 Å². The SMILES string of the molecule is CN1CCCC1CNC(=O)c1ccc(/C=C/C(=O)O)s1. The molecule has 1 atom stereocenters. The Hall–Kier alpha value is -1.66. The Balaban J connectivity index is 1.87. The highest BCUT2D eigenvalue weighted by atomic mass is 32.1. The van der Waals surface area contributed by atoms with Crippen molar-refractivity contribution in [3.05, 3.63) is 28.0 Å². The number of carboxylic acids is 1. The Morgan fingerprint density at radius 2 is 2.35 bits per heavy atom. The van der Waals surface area contributed by atoms with Crippen LogP contribution in [0.3, 0.4) is 0 Å². The first kappa shape index (κ1) is 14.7. The van der Waals surface area contributed by atoms with Crippen LogP contribution in [0.2, 0.25) is 0 Å². The molecule has 0 saturated carbocycles. The Morgan fingerprint density at radius 1 is 1.55 bits per heavy atom. The third-order valence-electron chi connectivity index (χ3n) is 3.41.